The molecule has 1 N–H and O–H groups in total. The van der Waals surface area contributed by atoms with Crippen LogP contribution in [0.4, 0.5) is 154 Å². The summed E-state index contributed by atoms with van der Waals surface area (Å²) >= 11 is 0. The molecule has 43 heteroatoms. The molecule has 0 aliphatic heterocycles. The predicted molar refractivity (Wildman–Crippen MR) is 99.9 cm³/mol. The van der Waals surface area contributed by atoms with Gasteiger partial charge in [0.05, 0.1) is 0 Å². The predicted octanol–water partition coefficient (Wildman–Crippen LogP) is 10.2. The highest BCUT2D eigenvalue weighted by Gasteiger charge is 2.86. The molecule has 0 fully saturated rings. The fourth-order valence-corrected chi connectivity index (χ4v) is 2.32. The van der Waals surface area contributed by atoms with Crippen molar-refractivity contribution in [2.75, 3.05) is 6.61 Å². The fraction of sp³-hybridized carbons (Fsp3) is 1.00. The second-order valence-electron chi connectivity index (χ2n) is 9.87. The summed E-state index contributed by atoms with van der Waals surface area (Å²) in [5, 5.41) is 7.89. The van der Waals surface area contributed by atoms with Crippen LogP contribution < -0.4 is 0 Å². The molecule has 0 amide bonds. The Morgan fingerprint density at radius 1 is 0.213 bits per heavy atom. The van der Waals surface area contributed by atoms with E-state index in [1.54, 1.807) is 4.74 Å². The van der Waals surface area contributed by atoms with Gasteiger partial charge in [0.2, 0.25) is 0 Å². The summed E-state index contributed by atoms with van der Waals surface area (Å²) in [5.41, 5.74) is 0. The first kappa shape index (κ1) is 58.2. The lowest BCUT2D eigenvalue weighted by atomic mass is 10.1. The first-order valence-corrected chi connectivity index (χ1v) is 12.4. The van der Waals surface area contributed by atoms with E-state index in [0.717, 1.165) is 23.7 Å². The summed E-state index contributed by atoms with van der Waals surface area (Å²) in [6.07, 6.45) is -123. The summed E-state index contributed by atoms with van der Waals surface area (Å²) < 4.78 is 468. The highest BCUT2D eigenvalue weighted by molar-refractivity contribution is 4.97. The SMILES string of the molecule is OCC(F)(F)OC(F)(F)C(F)(F)OC(F)(F)C(F)(F)OC(F)(F)C(F)(F)OC(F)(F)C(F)(F)OC(F)(F)C(F)(F)OC(F)(F)C(F)(F)OC(F)(F)C(F)(F)C(F)(F)C(F)(F)F. The van der Waals surface area contributed by atoms with Gasteiger partial charge in [-0.15, -0.1) is 0 Å². The number of aliphatic hydroxyl groups is 1. The minimum absolute atomic E-state index is 0.888. The Bertz CT molecular complexity index is 1500. The van der Waals surface area contributed by atoms with Crippen LogP contribution in [0.2, 0.25) is 0 Å². The van der Waals surface area contributed by atoms with Gasteiger partial charge in [-0.3, -0.25) is 0 Å². The molecule has 0 saturated heterocycles. The average Bonchev–Trinajstić information content (AvgIpc) is 2.92. The zero-order chi connectivity index (χ0) is 50.2. The molecule has 0 spiro atoms. The molecule has 0 heterocycles. The highest BCUT2D eigenvalue weighted by Crippen LogP contribution is 2.58. The maximum Gasteiger partial charge on any atom is 0.460 e. The number of hydrogen-bond donors (Lipinski definition) is 1. The van der Waals surface area contributed by atoms with Crippen LogP contribution in [0.5, 0.6) is 0 Å². The zero-order valence-corrected chi connectivity index (χ0v) is 25.7. The van der Waals surface area contributed by atoms with Gasteiger partial charge in [0, 0.05) is 0 Å². The van der Waals surface area contributed by atoms with Crippen molar-refractivity contribution >= 4 is 0 Å². The molecule has 0 saturated carbocycles. The van der Waals surface area contributed by atoms with Crippen LogP contribution in [0.15, 0.2) is 0 Å². The molecule has 61 heavy (non-hydrogen) atoms. The molecule has 0 unspecified atom stereocenters. The van der Waals surface area contributed by atoms with Crippen molar-refractivity contribution < 1.29 is 192 Å². The molecule has 0 aromatic rings. The van der Waals surface area contributed by atoms with E-state index in [-0.39, 0.29) is 0 Å². The van der Waals surface area contributed by atoms with Crippen LogP contribution >= 0.6 is 0 Å². The van der Waals surface area contributed by atoms with E-state index in [0.29, 0.717) is 0 Å². The van der Waals surface area contributed by atoms with E-state index in [9.17, 15) is 154 Å². The van der Waals surface area contributed by atoms with Crippen LogP contribution in [-0.2, 0) is 33.2 Å². The van der Waals surface area contributed by atoms with E-state index in [4.69, 9.17) is 5.11 Å². The van der Waals surface area contributed by atoms with E-state index in [1.165, 1.54) is 4.74 Å². The van der Waals surface area contributed by atoms with Crippen LogP contribution in [-0.4, -0.2) is 115 Å². The molecular formula is C18H3F35O8. The molecule has 0 radical (unpaired) electrons. The topological polar surface area (TPSA) is 84.8 Å². The molecular weight excluding hydrogens is 1010 g/mol. The van der Waals surface area contributed by atoms with E-state index < -0.39 is 110 Å². The third-order valence-corrected chi connectivity index (χ3v) is 5.15. The van der Waals surface area contributed by atoms with Gasteiger partial charge in [0.25, 0.3) is 0 Å². The third kappa shape index (κ3) is 11.5. The van der Waals surface area contributed by atoms with Gasteiger partial charge < -0.3 is 5.11 Å². The molecule has 0 atom stereocenters. The van der Waals surface area contributed by atoms with Crippen molar-refractivity contribution in [1.29, 1.82) is 0 Å². The Hall–Kier alpha value is -2.77. The van der Waals surface area contributed by atoms with Crippen LogP contribution in [0.25, 0.3) is 0 Å². The van der Waals surface area contributed by atoms with Crippen LogP contribution in [0.1, 0.15) is 0 Å². The lowest BCUT2D eigenvalue weighted by Gasteiger charge is -2.38. The maximum atomic E-state index is 13.5. The number of hydrogen-bond acceptors (Lipinski definition) is 8. The van der Waals surface area contributed by atoms with Gasteiger partial charge in [-0.25, -0.2) is 33.2 Å². The Balaban J connectivity index is 6.53. The Kier molecular flexibility index (Phi) is 15.0. The summed E-state index contributed by atoms with van der Waals surface area (Å²) in [6.45, 7) is -3.11. The van der Waals surface area contributed by atoms with Crippen LogP contribution in [0, 0.1) is 0 Å². The summed E-state index contributed by atoms with van der Waals surface area (Å²) in [7, 11) is 0. The summed E-state index contributed by atoms with van der Waals surface area (Å²) in [6, 6.07) is 0. The van der Waals surface area contributed by atoms with E-state index in [2.05, 4.69) is 0 Å². The molecule has 0 rings (SSSR count). The molecule has 8 nitrogen and oxygen atoms in total. The minimum Gasteiger partial charge on any atom is -0.387 e. The van der Waals surface area contributed by atoms with Crippen molar-refractivity contribution in [3.63, 3.8) is 0 Å². The summed E-state index contributed by atoms with van der Waals surface area (Å²) in [5.74, 6) is -17.0. The Labute approximate surface area is 303 Å². The minimum atomic E-state index is -8.59. The van der Waals surface area contributed by atoms with Gasteiger partial charge in [0.1, 0.15) is 6.61 Å². The quantitative estimate of drug-likeness (QED) is 0.101. The van der Waals surface area contributed by atoms with E-state index in [1.807, 2.05) is 0 Å². The van der Waals surface area contributed by atoms with Gasteiger partial charge >= 0.3 is 104 Å². The van der Waals surface area contributed by atoms with Gasteiger partial charge in [-0.1, -0.05) is 0 Å². The molecule has 0 aliphatic rings. The number of alkyl halides is 35. The summed E-state index contributed by atoms with van der Waals surface area (Å²) in [4.78, 5) is 0. The highest BCUT2D eigenvalue weighted by atomic mass is 19.4. The fourth-order valence-electron chi connectivity index (χ4n) is 2.32. The van der Waals surface area contributed by atoms with Crippen molar-refractivity contribution in [3.8, 4) is 0 Å². The van der Waals surface area contributed by atoms with Crippen molar-refractivity contribution in [3.05, 3.63) is 0 Å². The normalized spacial score (nSPS) is 16.7. The zero-order valence-electron chi connectivity index (χ0n) is 25.7. The molecule has 368 valence electrons. The molecule has 0 aromatic heterocycles. The first-order valence-electron chi connectivity index (χ1n) is 12.4. The monoisotopic (exact) mass is 1010 g/mol. The van der Waals surface area contributed by atoms with Gasteiger partial charge in [-0.05, 0) is 0 Å². The molecule has 0 bridgehead atoms. The number of rotatable bonds is 23. The Morgan fingerprint density at radius 3 is 0.508 bits per heavy atom. The molecule has 0 aliphatic carbocycles. The van der Waals surface area contributed by atoms with E-state index >= 15 is 0 Å². The van der Waals surface area contributed by atoms with Crippen molar-refractivity contribution in [1.82, 2.24) is 0 Å². The first-order chi connectivity index (χ1) is 25.8. The second kappa shape index (κ2) is 15.7. The van der Waals surface area contributed by atoms with Gasteiger partial charge in [-0.2, -0.15) is 154 Å². The lowest BCUT2D eigenvalue weighted by Crippen LogP contribution is -2.65. The smallest absolute Gasteiger partial charge is 0.387 e. The third-order valence-electron chi connectivity index (χ3n) is 5.15. The van der Waals surface area contributed by atoms with Crippen molar-refractivity contribution in [2.45, 2.75) is 104 Å². The number of halogens is 35. The second-order valence-corrected chi connectivity index (χ2v) is 9.87. The standard InChI is InChI=1S/C18H3F35O8/c19-2(20,1-54)55-7(30,31)8(32,33)57-11(38,39)12(40,41)59-15(46,47)16(48,49)61-18(52,53)17(50,51)60-14(44,45)13(42,43)58-10(36,37)9(34,35)56-6(28,29)4(23,24)3(21,22)5(25,26)27/h54H,1H2. The average molecular weight is 1010 g/mol. The van der Waals surface area contributed by atoms with Crippen molar-refractivity contribution in [2.24, 2.45) is 0 Å². The largest absolute Gasteiger partial charge is 0.460 e. The number of ether oxygens (including phenoxy) is 7. The lowest BCUT2D eigenvalue weighted by molar-refractivity contribution is -0.599. The maximum absolute atomic E-state index is 13.5. The van der Waals surface area contributed by atoms with Gasteiger partial charge in [0.15, 0.2) is 0 Å². The Morgan fingerprint density at radius 2 is 0.361 bits per heavy atom. The van der Waals surface area contributed by atoms with Crippen LogP contribution in [0.3, 0.4) is 0 Å². The number of aliphatic hydroxyl groups excluding tert-OH is 1. The molecule has 0 aromatic carbocycles.